The van der Waals surface area contributed by atoms with Gasteiger partial charge in [-0.1, -0.05) is 0 Å². The molecular weight excluding hydrogens is 192 g/mol. The van der Waals surface area contributed by atoms with E-state index in [4.69, 9.17) is 10.00 Å². The van der Waals surface area contributed by atoms with Crippen LogP contribution in [0.4, 0.5) is 0 Å². The van der Waals surface area contributed by atoms with Crippen LogP contribution in [0.3, 0.4) is 0 Å². The molecule has 4 nitrogen and oxygen atoms in total. The van der Waals surface area contributed by atoms with E-state index >= 15 is 0 Å². The van der Waals surface area contributed by atoms with E-state index < -0.39 is 0 Å². The van der Waals surface area contributed by atoms with Crippen LogP contribution in [0.15, 0.2) is 16.9 Å². The zero-order valence-corrected chi connectivity index (χ0v) is 8.32. The SMILES string of the molecule is N#Cc1ccc(C2CCCCO2)[nH]c1=O. The first-order valence-corrected chi connectivity index (χ1v) is 5.06. The van der Waals surface area contributed by atoms with Crippen molar-refractivity contribution in [1.29, 1.82) is 5.26 Å². The van der Waals surface area contributed by atoms with Gasteiger partial charge in [-0.25, -0.2) is 0 Å². The van der Waals surface area contributed by atoms with Gasteiger partial charge in [0.2, 0.25) is 0 Å². The molecule has 0 bridgehead atoms. The topological polar surface area (TPSA) is 65.9 Å². The van der Waals surface area contributed by atoms with Crippen LogP contribution in [0.1, 0.15) is 36.6 Å². The Morgan fingerprint density at radius 1 is 1.47 bits per heavy atom. The van der Waals surface area contributed by atoms with E-state index in [1.54, 1.807) is 12.1 Å². The molecule has 4 heteroatoms. The number of nitrogens with one attached hydrogen (secondary N) is 1. The Labute approximate surface area is 87.5 Å². The molecule has 1 aromatic heterocycles. The second-order valence-electron chi connectivity index (χ2n) is 3.62. The van der Waals surface area contributed by atoms with E-state index in [2.05, 4.69) is 4.98 Å². The van der Waals surface area contributed by atoms with E-state index in [0.717, 1.165) is 31.6 Å². The molecule has 0 aromatic carbocycles. The maximum atomic E-state index is 11.4. The first-order chi connectivity index (χ1) is 7.31. The number of hydrogen-bond acceptors (Lipinski definition) is 3. The Morgan fingerprint density at radius 3 is 2.93 bits per heavy atom. The molecule has 2 rings (SSSR count). The molecule has 1 fully saturated rings. The molecule has 1 aliphatic heterocycles. The highest BCUT2D eigenvalue weighted by Crippen LogP contribution is 2.25. The Kier molecular flexibility index (Phi) is 2.84. The van der Waals surface area contributed by atoms with Crippen LogP contribution in [0.25, 0.3) is 0 Å². The van der Waals surface area contributed by atoms with Crippen molar-refractivity contribution in [2.45, 2.75) is 25.4 Å². The van der Waals surface area contributed by atoms with Crippen molar-refractivity contribution in [2.24, 2.45) is 0 Å². The number of pyridine rings is 1. The third-order valence-electron chi connectivity index (χ3n) is 2.58. The number of H-pyrrole nitrogens is 1. The van der Waals surface area contributed by atoms with E-state index in [9.17, 15) is 4.79 Å². The quantitative estimate of drug-likeness (QED) is 0.753. The van der Waals surface area contributed by atoms with E-state index in [-0.39, 0.29) is 17.2 Å². The van der Waals surface area contributed by atoms with Crippen LogP contribution in [0.2, 0.25) is 0 Å². The lowest BCUT2D eigenvalue weighted by Crippen LogP contribution is -2.18. The largest absolute Gasteiger partial charge is 0.372 e. The van der Waals surface area contributed by atoms with Crippen molar-refractivity contribution in [1.82, 2.24) is 4.98 Å². The molecule has 0 radical (unpaired) electrons. The number of hydrogen-bond donors (Lipinski definition) is 1. The minimum atomic E-state index is -0.329. The fourth-order valence-electron chi connectivity index (χ4n) is 1.75. The Morgan fingerprint density at radius 2 is 2.33 bits per heavy atom. The van der Waals surface area contributed by atoms with Gasteiger partial charge in [0.1, 0.15) is 11.6 Å². The number of nitriles is 1. The van der Waals surface area contributed by atoms with Gasteiger partial charge in [0.25, 0.3) is 5.56 Å². The minimum absolute atomic E-state index is 0.0146. The molecule has 15 heavy (non-hydrogen) atoms. The van der Waals surface area contributed by atoms with Crippen molar-refractivity contribution in [2.75, 3.05) is 6.61 Å². The van der Waals surface area contributed by atoms with Crippen LogP contribution >= 0.6 is 0 Å². The molecule has 1 N–H and O–H groups in total. The zero-order chi connectivity index (χ0) is 10.7. The molecule has 0 spiro atoms. The van der Waals surface area contributed by atoms with Crippen LogP contribution in [0, 0.1) is 11.3 Å². The lowest BCUT2D eigenvalue weighted by Gasteiger charge is -2.22. The fourth-order valence-corrected chi connectivity index (χ4v) is 1.75. The molecule has 1 atom stereocenters. The molecule has 78 valence electrons. The molecule has 1 aromatic rings. The molecule has 1 saturated heterocycles. The van der Waals surface area contributed by atoms with Gasteiger partial charge >= 0.3 is 0 Å². The molecular formula is C11H12N2O2. The van der Waals surface area contributed by atoms with Gasteiger partial charge in [-0.05, 0) is 31.4 Å². The normalized spacial score (nSPS) is 20.9. The molecule has 0 aliphatic carbocycles. The van der Waals surface area contributed by atoms with Gasteiger partial charge in [0, 0.05) is 12.3 Å². The predicted octanol–water partition coefficient (Wildman–Crippen LogP) is 1.49. The summed E-state index contributed by atoms with van der Waals surface area (Å²) in [5.74, 6) is 0. The second kappa shape index (κ2) is 4.28. The summed E-state index contributed by atoms with van der Waals surface area (Å²) in [5, 5.41) is 8.62. The molecule has 0 saturated carbocycles. The second-order valence-corrected chi connectivity index (χ2v) is 3.62. The number of ether oxygens (including phenoxy) is 1. The van der Waals surface area contributed by atoms with Crippen LogP contribution in [-0.4, -0.2) is 11.6 Å². The van der Waals surface area contributed by atoms with Gasteiger partial charge in [-0.15, -0.1) is 0 Å². The average Bonchev–Trinajstić information content (AvgIpc) is 2.30. The summed E-state index contributed by atoms with van der Waals surface area (Å²) in [4.78, 5) is 14.1. The van der Waals surface area contributed by atoms with Gasteiger partial charge < -0.3 is 9.72 Å². The van der Waals surface area contributed by atoms with Crippen molar-refractivity contribution < 1.29 is 4.74 Å². The van der Waals surface area contributed by atoms with Gasteiger partial charge in [0.15, 0.2) is 0 Å². The first-order valence-electron chi connectivity index (χ1n) is 5.06. The molecule has 1 aliphatic rings. The van der Waals surface area contributed by atoms with Gasteiger partial charge in [-0.3, -0.25) is 4.79 Å². The summed E-state index contributed by atoms with van der Waals surface area (Å²) in [6.07, 6.45) is 3.12. The number of aromatic amines is 1. The van der Waals surface area contributed by atoms with Crippen LogP contribution in [0.5, 0.6) is 0 Å². The predicted molar refractivity (Wildman–Crippen MR) is 54.3 cm³/mol. The van der Waals surface area contributed by atoms with Gasteiger partial charge in [0.05, 0.1) is 6.10 Å². The zero-order valence-electron chi connectivity index (χ0n) is 8.32. The summed E-state index contributed by atoms with van der Waals surface area (Å²) in [6, 6.07) is 5.15. The maximum Gasteiger partial charge on any atom is 0.266 e. The minimum Gasteiger partial charge on any atom is -0.372 e. The highest BCUT2D eigenvalue weighted by Gasteiger charge is 2.17. The summed E-state index contributed by atoms with van der Waals surface area (Å²) in [5.41, 5.74) is 0.595. The number of rotatable bonds is 1. The average molecular weight is 204 g/mol. The van der Waals surface area contributed by atoms with Crippen molar-refractivity contribution in [3.63, 3.8) is 0 Å². The standard InChI is InChI=1S/C11H12N2O2/c12-7-8-4-5-9(13-11(8)14)10-3-1-2-6-15-10/h4-5,10H,1-3,6H2,(H,13,14). The van der Waals surface area contributed by atoms with Crippen molar-refractivity contribution >= 4 is 0 Å². The van der Waals surface area contributed by atoms with E-state index in [0.29, 0.717) is 0 Å². The molecule has 2 heterocycles. The monoisotopic (exact) mass is 204 g/mol. The van der Waals surface area contributed by atoms with E-state index in [1.807, 2.05) is 6.07 Å². The lowest BCUT2D eigenvalue weighted by molar-refractivity contribution is 0.0122. The Bertz CT molecular complexity index is 439. The first kappa shape index (κ1) is 9.94. The fraction of sp³-hybridized carbons (Fsp3) is 0.455. The Hall–Kier alpha value is -1.60. The lowest BCUT2D eigenvalue weighted by atomic mass is 10.1. The van der Waals surface area contributed by atoms with Crippen molar-refractivity contribution in [3.8, 4) is 6.07 Å². The smallest absolute Gasteiger partial charge is 0.266 e. The van der Waals surface area contributed by atoms with Gasteiger partial charge in [-0.2, -0.15) is 5.26 Å². The van der Waals surface area contributed by atoms with Crippen molar-refractivity contribution in [3.05, 3.63) is 33.7 Å². The Balaban J connectivity index is 2.26. The highest BCUT2D eigenvalue weighted by atomic mass is 16.5. The van der Waals surface area contributed by atoms with E-state index in [1.165, 1.54) is 0 Å². The molecule has 0 amide bonds. The van der Waals surface area contributed by atoms with Crippen LogP contribution < -0.4 is 5.56 Å². The maximum absolute atomic E-state index is 11.4. The highest BCUT2D eigenvalue weighted by molar-refractivity contribution is 5.27. The third kappa shape index (κ3) is 2.08. The summed E-state index contributed by atoms with van der Waals surface area (Å²) in [7, 11) is 0. The van der Waals surface area contributed by atoms with Crippen LogP contribution in [-0.2, 0) is 4.74 Å². The summed E-state index contributed by atoms with van der Waals surface area (Å²) in [6.45, 7) is 0.743. The third-order valence-corrected chi connectivity index (χ3v) is 2.58. The summed E-state index contributed by atoms with van der Waals surface area (Å²) < 4.78 is 5.54. The molecule has 1 unspecified atom stereocenters. The number of nitrogens with zero attached hydrogens (tertiary/aromatic N) is 1. The summed E-state index contributed by atoms with van der Waals surface area (Å²) >= 11 is 0. The number of aromatic nitrogens is 1.